The number of rotatable bonds is 7. The molecule has 0 aromatic heterocycles. The molecule has 1 fully saturated rings. The van der Waals surface area contributed by atoms with Crippen molar-refractivity contribution in [3.05, 3.63) is 23.8 Å². The lowest BCUT2D eigenvalue weighted by Gasteiger charge is -2.22. The van der Waals surface area contributed by atoms with Crippen LogP contribution in [0, 0.1) is 5.92 Å². The fourth-order valence-electron chi connectivity index (χ4n) is 3.06. The first-order chi connectivity index (χ1) is 10.2. The van der Waals surface area contributed by atoms with E-state index in [0.717, 1.165) is 24.7 Å². The molecular weight excluding hydrogens is 262 g/mol. The van der Waals surface area contributed by atoms with Crippen LogP contribution >= 0.6 is 0 Å². The van der Waals surface area contributed by atoms with Crippen LogP contribution in [0.2, 0.25) is 0 Å². The van der Waals surface area contributed by atoms with Gasteiger partial charge in [0.1, 0.15) is 0 Å². The average Bonchev–Trinajstić information content (AvgIpc) is 2.54. The minimum Gasteiger partial charge on any atom is -0.493 e. The zero-order valence-corrected chi connectivity index (χ0v) is 13.7. The van der Waals surface area contributed by atoms with E-state index in [1.54, 1.807) is 7.11 Å². The van der Waals surface area contributed by atoms with Crippen molar-refractivity contribution < 1.29 is 9.47 Å². The van der Waals surface area contributed by atoms with Crippen LogP contribution < -0.4 is 14.8 Å². The van der Waals surface area contributed by atoms with Gasteiger partial charge in [0.25, 0.3) is 0 Å². The van der Waals surface area contributed by atoms with Crippen LogP contribution in [0.5, 0.6) is 11.5 Å². The summed E-state index contributed by atoms with van der Waals surface area (Å²) in [4.78, 5) is 0. The molecule has 1 saturated carbocycles. The quantitative estimate of drug-likeness (QED) is 0.811. The predicted octanol–water partition coefficient (Wildman–Crippen LogP) is 4.32. The molecule has 1 N–H and O–H groups in total. The SMILES string of the molecule is CCNC(C)c1ccc(OCC2CCCCC2)c(OC)c1. The Balaban J connectivity index is 1.98. The molecule has 1 atom stereocenters. The van der Waals surface area contributed by atoms with Crippen LogP contribution in [-0.4, -0.2) is 20.3 Å². The number of hydrogen-bond acceptors (Lipinski definition) is 3. The smallest absolute Gasteiger partial charge is 0.161 e. The van der Waals surface area contributed by atoms with Gasteiger partial charge in [-0.15, -0.1) is 0 Å². The molecular formula is C18H29NO2. The summed E-state index contributed by atoms with van der Waals surface area (Å²) in [5, 5.41) is 3.42. The molecule has 2 rings (SSSR count). The molecule has 0 bridgehead atoms. The normalized spacial score (nSPS) is 17.5. The number of hydrogen-bond donors (Lipinski definition) is 1. The minimum atomic E-state index is 0.330. The summed E-state index contributed by atoms with van der Waals surface area (Å²) in [6.45, 7) is 6.07. The van der Waals surface area contributed by atoms with Gasteiger partial charge in [-0.1, -0.05) is 32.3 Å². The summed E-state index contributed by atoms with van der Waals surface area (Å²) in [5.74, 6) is 2.42. The molecule has 0 spiro atoms. The largest absolute Gasteiger partial charge is 0.493 e. The first-order valence-corrected chi connectivity index (χ1v) is 8.28. The van der Waals surface area contributed by atoms with Gasteiger partial charge in [-0.3, -0.25) is 0 Å². The first kappa shape index (κ1) is 16.2. The van der Waals surface area contributed by atoms with Crippen molar-refractivity contribution in [1.29, 1.82) is 0 Å². The van der Waals surface area contributed by atoms with Gasteiger partial charge in [0.15, 0.2) is 11.5 Å². The summed E-state index contributed by atoms with van der Waals surface area (Å²) in [6.07, 6.45) is 6.70. The van der Waals surface area contributed by atoms with Crippen molar-refractivity contribution in [2.75, 3.05) is 20.3 Å². The van der Waals surface area contributed by atoms with E-state index in [4.69, 9.17) is 9.47 Å². The van der Waals surface area contributed by atoms with Gasteiger partial charge in [0.2, 0.25) is 0 Å². The molecule has 3 nitrogen and oxygen atoms in total. The number of ether oxygens (including phenoxy) is 2. The molecule has 0 heterocycles. The van der Waals surface area contributed by atoms with E-state index in [-0.39, 0.29) is 0 Å². The lowest BCUT2D eigenvalue weighted by molar-refractivity contribution is 0.202. The third-order valence-electron chi connectivity index (χ3n) is 4.40. The van der Waals surface area contributed by atoms with Crippen LogP contribution in [0.15, 0.2) is 18.2 Å². The molecule has 0 amide bonds. The Morgan fingerprint density at radius 1 is 1.19 bits per heavy atom. The van der Waals surface area contributed by atoms with E-state index in [1.165, 1.54) is 37.7 Å². The second kappa shape index (κ2) is 8.28. The molecule has 0 radical (unpaired) electrons. The molecule has 0 saturated heterocycles. The molecule has 1 aromatic carbocycles. The Labute approximate surface area is 129 Å². The summed E-state index contributed by atoms with van der Waals surface area (Å²) in [6, 6.07) is 6.59. The topological polar surface area (TPSA) is 30.5 Å². The first-order valence-electron chi connectivity index (χ1n) is 8.28. The van der Waals surface area contributed by atoms with Crippen molar-refractivity contribution in [1.82, 2.24) is 5.32 Å². The fourth-order valence-corrected chi connectivity index (χ4v) is 3.06. The lowest BCUT2D eigenvalue weighted by atomic mass is 9.90. The third-order valence-corrected chi connectivity index (χ3v) is 4.40. The maximum absolute atomic E-state index is 6.02. The zero-order chi connectivity index (χ0) is 15.1. The summed E-state index contributed by atoms with van der Waals surface area (Å²) < 4.78 is 11.5. The third kappa shape index (κ3) is 4.63. The number of methoxy groups -OCH3 is 1. The molecule has 1 aromatic rings. The summed E-state index contributed by atoms with van der Waals surface area (Å²) >= 11 is 0. The minimum absolute atomic E-state index is 0.330. The second-order valence-electron chi connectivity index (χ2n) is 6.00. The Morgan fingerprint density at radius 3 is 2.62 bits per heavy atom. The molecule has 1 aliphatic rings. The Morgan fingerprint density at radius 2 is 1.95 bits per heavy atom. The van der Waals surface area contributed by atoms with Gasteiger partial charge in [-0.05, 0) is 49.9 Å². The van der Waals surface area contributed by atoms with Crippen molar-refractivity contribution in [2.24, 2.45) is 5.92 Å². The molecule has 0 aliphatic heterocycles. The molecule has 21 heavy (non-hydrogen) atoms. The Hall–Kier alpha value is -1.22. The summed E-state index contributed by atoms with van der Waals surface area (Å²) in [7, 11) is 1.71. The van der Waals surface area contributed by atoms with Crippen LogP contribution in [-0.2, 0) is 0 Å². The van der Waals surface area contributed by atoms with E-state index in [9.17, 15) is 0 Å². The van der Waals surface area contributed by atoms with E-state index in [1.807, 2.05) is 6.07 Å². The average molecular weight is 291 g/mol. The maximum Gasteiger partial charge on any atom is 0.161 e. The molecule has 3 heteroatoms. The lowest BCUT2D eigenvalue weighted by Crippen LogP contribution is -2.18. The highest BCUT2D eigenvalue weighted by Gasteiger charge is 2.16. The van der Waals surface area contributed by atoms with E-state index < -0.39 is 0 Å². The number of nitrogens with one attached hydrogen (secondary N) is 1. The molecule has 1 unspecified atom stereocenters. The Bertz CT molecular complexity index is 427. The van der Waals surface area contributed by atoms with Gasteiger partial charge in [-0.25, -0.2) is 0 Å². The van der Waals surface area contributed by atoms with Crippen molar-refractivity contribution in [3.63, 3.8) is 0 Å². The number of benzene rings is 1. The molecule has 118 valence electrons. The van der Waals surface area contributed by atoms with Crippen LogP contribution in [0.3, 0.4) is 0 Å². The highest BCUT2D eigenvalue weighted by atomic mass is 16.5. The zero-order valence-electron chi connectivity index (χ0n) is 13.7. The van der Waals surface area contributed by atoms with Crippen LogP contribution in [0.1, 0.15) is 57.6 Å². The second-order valence-corrected chi connectivity index (χ2v) is 6.00. The van der Waals surface area contributed by atoms with Crippen molar-refractivity contribution >= 4 is 0 Å². The fraction of sp³-hybridized carbons (Fsp3) is 0.667. The summed E-state index contributed by atoms with van der Waals surface area (Å²) in [5.41, 5.74) is 1.23. The van der Waals surface area contributed by atoms with Gasteiger partial charge in [0, 0.05) is 6.04 Å². The van der Waals surface area contributed by atoms with Crippen LogP contribution in [0.25, 0.3) is 0 Å². The molecule has 1 aliphatic carbocycles. The van der Waals surface area contributed by atoms with E-state index >= 15 is 0 Å². The maximum atomic E-state index is 6.02. The van der Waals surface area contributed by atoms with Crippen molar-refractivity contribution in [2.45, 2.75) is 52.0 Å². The Kier molecular flexibility index (Phi) is 6.37. The van der Waals surface area contributed by atoms with E-state index in [2.05, 4.69) is 31.3 Å². The van der Waals surface area contributed by atoms with Gasteiger partial charge in [-0.2, -0.15) is 0 Å². The van der Waals surface area contributed by atoms with Gasteiger partial charge < -0.3 is 14.8 Å². The van der Waals surface area contributed by atoms with Gasteiger partial charge >= 0.3 is 0 Å². The van der Waals surface area contributed by atoms with Crippen molar-refractivity contribution in [3.8, 4) is 11.5 Å². The highest BCUT2D eigenvalue weighted by molar-refractivity contribution is 5.43. The standard InChI is InChI=1S/C18H29NO2/c1-4-19-14(2)16-10-11-17(18(12-16)20-3)21-13-15-8-6-5-7-9-15/h10-12,14-15,19H,4-9,13H2,1-3H3. The monoisotopic (exact) mass is 291 g/mol. The van der Waals surface area contributed by atoms with Crippen LogP contribution in [0.4, 0.5) is 0 Å². The highest BCUT2D eigenvalue weighted by Crippen LogP contribution is 2.32. The van der Waals surface area contributed by atoms with E-state index in [0.29, 0.717) is 12.0 Å². The van der Waals surface area contributed by atoms with Gasteiger partial charge in [0.05, 0.1) is 13.7 Å². The predicted molar refractivity (Wildman–Crippen MR) is 87.2 cm³/mol.